The van der Waals surface area contributed by atoms with Crippen LogP contribution >= 0.6 is 11.3 Å². The number of carbonyl (C=O) groups is 4. The summed E-state index contributed by atoms with van der Waals surface area (Å²) < 4.78 is 5.42. The third-order valence-corrected chi connectivity index (χ3v) is 8.46. The molecule has 2 aliphatic heterocycles. The average molecular weight is 593 g/mol. The van der Waals surface area contributed by atoms with Crippen molar-refractivity contribution in [2.45, 2.75) is 6.92 Å². The van der Waals surface area contributed by atoms with Crippen molar-refractivity contribution in [1.82, 2.24) is 0 Å². The molecule has 0 atom stereocenters. The maximum absolute atomic E-state index is 13.3. The summed E-state index contributed by atoms with van der Waals surface area (Å²) in [6.45, 7) is 4.60. The molecule has 3 N–H and O–H groups in total. The molecule has 0 aliphatic carbocycles. The SMILES string of the molecule is CC(=O)c1ccc(C(=O)Nc2ccc(C(=O)c3ccc4c(c3)C(=CNc3ccc(N5CCOCC5)cc3)C(=O)N4)cc2)s1. The van der Waals surface area contributed by atoms with Gasteiger partial charge in [0.2, 0.25) is 0 Å². The highest BCUT2D eigenvalue weighted by Crippen LogP contribution is 2.33. The number of carbonyl (C=O) groups excluding carboxylic acids is 4. The molecule has 3 heterocycles. The van der Waals surface area contributed by atoms with Gasteiger partial charge in [-0.15, -0.1) is 11.3 Å². The van der Waals surface area contributed by atoms with Crippen molar-refractivity contribution in [3.63, 3.8) is 0 Å². The summed E-state index contributed by atoms with van der Waals surface area (Å²) >= 11 is 1.13. The fourth-order valence-electron chi connectivity index (χ4n) is 4.93. The van der Waals surface area contributed by atoms with Crippen LogP contribution in [-0.4, -0.2) is 49.7 Å². The van der Waals surface area contributed by atoms with E-state index >= 15 is 0 Å². The van der Waals surface area contributed by atoms with Gasteiger partial charge in [0.15, 0.2) is 11.6 Å². The lowest BCUT2D eigenvalue weighted by molar-refractivity contribution is -0.110. The Morgan fingerprint density at radius 3 is 2.23 bits per heavy atom. The molecule has 0 spiro atoms. The summed E-state index contributed by atoms with van der Waals surface area (Å²) in [6, 6.07) is 23.0. The molecular weight excluding hydrogens is 564 g/mol. The number of fused-ring (bicyclic) bond motifs is 1. The maximum Gasteiger partial charge on any atom is 0.265 e. The van der Waals surface area contributed by atoms with E-state index in [0.717, 1.165) is 49.0 Å². The van der Waals surface area contributed by atoms with Crippen molar-refractivity contribution in [3.05, 3.63) is 112 Å². The first-order valence-corrected chi connectivity index (χ1v) is 14.6. The minimum atomic E-state index is -0.326. The number of morpholine rings is 1. The molecule has 1 aromatic heterocycles. The number of ketones is 2. The first-order chi connectivity index (χ1) is 20.9. The van der Waals surface area contributed by atoms with Crippen LogP contribution in [0.15, 0.2) is 85.1 Å². The summed E-state index contributed by atoms with van der Waals surface area (Å²) in [5, 5.41) is 8.85. The summed E-state index contributed by atoms with van der Waals surface area (Å²) in [5.41, 5.74) is 5.06. The van der Waals surface area contributed by atoms with Crippen LogP contribution in [0.3, 0.4) is 0 Å². The number of ether oxygens (including phenoxy) is 1. The molecule has 1 saturated heterocycles. The van der Waals surface area contributed by atoms with Gasteiger partial charge in [0.25, 0.3) is 11.8 Å². The Kier molecular flexibility index (Phi) is 7.86. The zero-order valence-corrected chi connectivity index (χ0v) is 24.1. The Hall–Kier alpha value is -5.06. The van der Waals surface area contributed by atoms with Crippen LogP contribution in [0.4, 0.5) is 22.7 Å². The standard InChI is InChI=1S/C33H28N4O5S/c1-20(38)29-12-13-30(43-29)33(41)35-24-5-2-21(3-6-24)31(39)22-4-11-28-26(18-22)27(32(40)36-28)19-34-23-7-9-25(10-8-23)37-14-16-42-17-15-37/h2-13,18-19,34H,14-17H2,1H3,(H,35,41)(H,36,40). The lowest BCUT2D eigenvalue weighted by Crippen LogP contribution is -2.36. The van der Waals surface area contributed by atoms with Crippen LogP contribution in [-0.2, 0) is 9.53 Å². The van der Waals surface area contributed by atoms with Gasteiger partial charge in [0.1, 0.15) is 0 Å². The molecule has 0 bridgehead atoms. The normalized spacial score (nSPS) is 15.1. The molecule has 4 aromatic rings. The summed E-state index contributed by atoms with van der Waals surface area (Å²) in [4.78, 5) is 53.4. The number of amides is 2. The number of hydrogen-bond acceptors (Lipinski definition) is 8. The number of benzene rings is 3. The number of anilines is 4. The molecule has 6 rings (SSSR count). The van der Waals surface area contributed by atoms with E-state index in [9.17, 15) is 19.2 Å². The number of Topliss-reactive ketones (excluding diaryl/α,β-unsaturated/α-hetero) is 1. The third-order valence-electron chi connectivity index (χ3n) is 7.27. The summed E-state index contributed by atoms with van der Waals surface area (Å²) in [5.74, 6) is -0.881. The molecule has 0 saturated carbocycles. The number of nitrogens with zero attached hydrogens (tertiary/aromatic N) is 1. The molecule has 0 unspecified atom stereocenters. The zero-order chi connectivity index (χ0) is 29.9. The highest BCUT2D eigenvalue weighted by Gasteiger charge is 2.25. The van der Waals surface area contributed by atoms with Gasteiger partial charge in [0, 0.05) is 58.7 Å². The van der Waals surface area contributed by atoms with Crippen molar-refractivity contribution in [2.24, 2.45) is 0 Å². The fourth-order valence-corrected chi connectivity index (χ4v) is 5.73. The number of hydrogen-bond donors (Lipinski definition) is 3. The van der Waals surface area contributed by atoms with E-state index in [1.165, 1.54) is 6.92 Å². The van der Waals surface area contributed by atoms with Crippen LogP contribution < -0.4 is 20.9 Å². The van der Waals surface area contributed by atoms with Crippen LogP contribution in [0.25, 0.3) is 5.57 Å². The second kappa shape index (κ2) is 12.0. The molecule has 43 heavy (non-hydrogen) atoms. The van der Waals surface area contributed by atoms with Crippen LogP contribution in [0.2, 0.25) is 0 Å². The van der Waals surface area contributed by atoms with Gasteiger partial charge in [0.05, 0.1) is 28.5 Å². The van der Waals surface area contributed by atoms with Gasteiger partial charge >= 0.3 is 0 Å². The monoisotopic (exact) mass is 592 g/mol. The van der Waals surface area contributed by atoms with Crippen molar-refractivity contribution < 1.29 is 23.9 Å². The first-order valence-electron chi connectivity index (χ1n) is 13.8. The van der Waals surface area contributed by atoms with E-state index in [1.807, 2.05) is 24.3 Å². The molecule has 10 heteroatoms. The average Bonchev–Trinajstić information content (AvgIpc) is 3.65. The van der Waals surface area contributed by atoms with E-state index in [0.29, 0.717) is 43.4 Å². The van der Waals surface area contributed by atoms with E-state index < -0.39 is 0 Å². The van der Waals surface area contributed by atoms with Crippen LogP contribution in [0.5, 0.6) is 0 Å². The second-order valence-electron chi connectivity index (χ2n) is 10.1. The minimum absolute atomic E-state index is 0.0908. The minimum Gasteiger partial charge on any atom is -0.378 e. The van der Waals surface area contributed by atoms with E-state index in [1.54, 1.807) is 60.8 Å². The molecule has 1 fully saturated rings. The maximum atomic E-state index is 13.3. The van der Waals surface area contributed by atoms with Gasteiger partial charge in [-0.1, -0.05) is 0 Å². The van der Waals surface area contributed by atoms with Gasteiger partial charge in [-0.2, -0.15) is 0 Å². The fraction of sp³-hybridized carbons (Fsp3) is 0.152. The Labute approximate surface area is 252 Å². The van der Waals surface area contributed by atoms with Crippen molar-refractivity contribution in [3.8, 4) is 0 Å². The predicted molar refractivity (Wildman–Crippen MR) is 168 cm³/mol. The van der Waals surface area contributed by atoms with Gasteiger partial charge < -0.3 is 25.6 Å². The Balaban J connectivity index is 1.14. The van der Waals surface area contributed by atoms with Crippen LogP contribution in [0, 0.1) is 0 Å². The molecule has 3 aromatic carbocycles. The zero-order valence-electron chi connectivity index (χ0n) is 23.3. The Bertz CT molecular complexity index is 1750. The highest BCUT2D eigenvalue weighted by atomic mass is 32.1. The van der Waals surface area contributed by atoms with Gasteiger partial charge in [-0.25, -0.2) is 0 Å². The number of rotatable bonds is 8. The smallest absolute Gasteiger partial charge is 0.265 e. The second-order valence-corrected chi connectivity index (χ2v) is 11.2. The van der Waals surface area contributed by atoms with Crippen molar-refractivity contribution in [2.75, 3.05) is 47.2 Å². The molecule has 0 radical (unpaired) electrons. The quantitative estimate of drug-likeness (QED) is 0.178. The van der Waals surface area contributed by atoms with E-state index in [4.69, 9.17) is 4.74 Å². The number of thiophene rings is 1. The van der Waals surface area contributed by atoms with Crippen molar-refractivity contribution >= 4 is 63.0 Å². The first kappa shape index (κ1) is 28.1. The lowest BCUT2D eigenvalue weighted by atomic mass is 9.98. The topological polar surface area (TPSA) is 117 Å². The van der Waals surface area contributed by atoms with E-state index in [2.05, 4.69) is 20.9 Å². The van der Waals surface area contributed by atoms with Gasteiger partial charge in [-0.05, 0) is 85.8 Å². The Morgan fingerprint density at radius 1 is 0.860 bits per heavy atom. The molecule has 2 amide bonds. The molecule has 2 aliphatic rings. The van der Waals surface area contributed by atoms with E-state index in [-0.39, 0.29) is 23.4 Å². The molecular formula is C33H28N4O5S. The summed E-state index contributed by atoms with van der Waals surface area (Å²) in [7, 11) is 0. The Morgan fingerprint density at radius 2 is 1.53 bits per heavy atom. The third kappa shape index (κ3) is 6.11. The largest absolute Gasteiger partial charge is 0.378 e. The predicted octanol–water partition coefficient (Wildman–Crippen LogP) is 5.68. The molecule has 216 valence electrons. The number of nitrogens with one attached hydrogen (secondary N) is 3. The summed E-state index contributed by atoms with van der Waals surface area (Å²) in [6.07, 6.45) is 1.66. The highest BCUT2D eigenvalue weighted by molar-refractivity contribution is 7.16. The molecule has 9 nitrogen and oxygen atoms in total. The van der Waals surface area contributed by atoms with Crippen molar-refractivity contribution in [1.29, 1.82) is 0 Å². The lowest BCUT2D eigenvalue weighted by Gasteiger charge is -2.28. The van der Waals surface area contributed by atoms with Crippen LogP contribution in [0.1, 0.15) is 47.8 Å². The van der Waals surface area contributed by atoms with Gasteiger partial charge in [-0.3, -0.25) is 19.2 Å².